The highest BCUT2D eigenvalue weighted by Crippen LogP contribution is 2.17. The van der Waals surface area contributed by atoms with E-state index in [0.29, 0.717) is 0 Å². The van der Waals surface area contributed by atoms with Crippen LogP contribution in [0.1, 0.15) is 41.0 Å². The molecule has 0 N–H and O–H groups in total. The summed E-state index contributed by atoms with van der Waals surface area (Å²) in [4.78, 5) is 2.35. The molecule has 0 heterocycles. The van der Waals surface area contributed by atoms with E-state index >= 15 is 0 Å². The summed E-state index contributed by atoms with van der Waals surface area (Å²) < 4.78 is 5.37. The van der Waals surface area contributed by atoms with E-state index in [4.69, 9.17) is 4.74 Å². The monoisotopic (exact) mass is 187 g/mol. The van der Waals surface area contributed by atoms with Crippen LogP contribution in [0.4, 0.5) is 0 Å². The quantitative estimate of drug-likeness (QED) is 0.670. The summed E-state index contributed by atoms with van der Waals surface area (Å²) in [6, 6.07) is 0. The highest BCUT2D eigenvalue weighted by atomic mass is 16.5. The molecular weight excluding hydrogens is 162 g/mol. The van der Waals surface area contributed by atoms with Crippen LogP contribution in [0.5, 0.6) is 0 Å². The maximum atomic E-state index is 5.37. The van der Waals surface area contributed by atoms with Gasteiger partial charge in [0.25, 0.3) is 0 Å². The Bertz CT molecular complexity index is 147. The molecule has 0 aromatic heterocycles. The van der Waals surface area contributed by atoms with Gasteiger partial charge in [-0.25, -0.2) is 0 Å². The maximum absolute atomic E-state index is 5.37. The standard InChI is InChI=1S/C11H25NO/c1-10(2,3)12(6)9-8-11(4,5)13-7/h8-9H2,1-7H3. The molecule has 2 nitrogen and oxygen atoms in total. The predicted octanol–water partition coefficient (Wildman–Crippen LogP) is 2.53. The zero-order chi connectivity index (χ0) is 10.7. The van der Waals surface area contributed by atoms with Gasteiger partial charge in [-0.2, -0.15) is 0 Å². The van der Waals surface area contributed by atoms with Crippen LogP contribution in [0.3, 0.4) is 0 Å². The summed E-state index contributed by atoms with van der Waals surface area (Å²) in [7, 11) is 3.93. The number of hydrogen-bond acceptors (Lipinski definition) is 2. The molecule has 0 saturated carbocycles. The average molecular weight is 187 g/mol. The van der Waals surface area contributed by atoms with Crippen LogP contribution in [0, 0.1) is 0 Å². The van der Waals surface area contributed by atoms with E-state index in [1.54, 1.807) is 7.11 Å². The molecule has 0 fully saturated rings. The smallest absolute Gasteiger partial charge is 0.0634 e. The first-order valence-electron chi connectivity index (χ1n) is 4.95. The lowest BCUT2D eigenvalue weighted by atomic mass is 10.0. The summed E-state index contributed by atoms with van der Waals surface area (Å²) in [6.45, 7) is 12.0. The second-order valence-electron chi connectivity index (χ2n) is 5.31. The van der Waals surface area contributed by atoms with Crippen molar-refractivity contribution < 1.29 is 4.74 Å². The molecule has 0 bridgehead atoms. The molecule has 0 aliphatic rings. The Balaban J connectivity index is 3.90. The highest BCUT2D eigenvalue weighted by Gasteiger charge is 2.21. The SMILES string of the molecule is COC(C)(C)CCN(C)C(C)(C)C. The van der Waals surface area contributed by atoms with Crippen LogP contribution in [-0.4, -0.2) is 36.7 Å². The molecule has 13 heavy (non-hydrogen) atoms. The Hall–Kier alpha value is -0.0800. The molecular formula is C11H25NO. The average Bonchev–Trinajstić information content (AvgIpc) is 1.98. The largest absolute Gasteiger partial charge is 0.379 e. The zero-order valence-corrected chi connectivity index (χ0v) is 10.3. The number of methoxy groups -OCH3 is 1. The Morgan fingerprint density at radius 1 is 1.08 bits per heavy atom. The third-order valence-electron chi connectivity index (χ3n) is 2.75. The third-order valence-corrected chi connectivity index (χ3v) is 2.75. The first kappa shape index (κ1) is 12.9. The minimum atomic E-state index is -0.000486. The van der Waals surface area contributed by atoms with Crippen molar-refractivity contribution in [3.8, 4) is 0 Å². The van der Waals surface area contributed by atoms with Crippen molar-refractivity contribution in [2.75, 3.05) is 20.7 Å². The van der Waals surface area contributed by atoms with Gasteiger partial charge in [0.1, 0.15) is 0 Å². The molecule has 0 aliphatic heterocycles. The lowest BCUT2D eigenvalue weighted by Gasteiger charge is -2.34. The van der Waals surface area contributed by atoms with E-state index in [2.05, 4.69) is 46.6 Å². The van der Waals surface area contributed by atoms with Crippen molar-refractivity contribution in [1.82, 2.24) is 4.90 Å². The molecule has 0 saturated heterocycles. The molecule has 0 amide bonds. The topological polar surface area (TPSA) is 12.5 Å². The number of nitrogens with zero attached hydrogens (tertiary/aromatic N) is 1. The third kappa shape index (κ3) is 5.27. The van der Waals surface area contributed by atoms with Gasteiger partial charge in [-0.1, -0.05) is 0 Å². The minimum Gasteiger partial charge on any atom is -0.379 e. The van der Waals surface area contributed by atoms with Crippen molar-refractivity contribution in [2.24, 2.45) is 0 Å². The van der Waals surface area contributed by atoms with Crippen LogP contribution in [0.2, 0.25) is 0 Å². The zero-order valence-electron chi connectivity index (χ0n) is 10.3. The molecule has 0 aromatic carbocycles. The second kappa shape index (κ2) is 4.43. The van der Waals surface area contributed by atoms with Crippen LogP contribution in [-0.2, 0) is 4.74 Å². The van der Waals surface area contributed by atoms with Crippen molar-refractivity contribution in [3.63, 3.8) is 0 Å². The van der Waals surface area contributed by atoms with E-state index in [9.17, 15) is 0 Å². The number of rotatable bonds is 4. The van der Waals surface area contributed by atoms with Gasteiger partial charge in [0, 0.05) is 19.2 Å². The van der Waals surface area contributed by atoms with Gasteiger partial charge < -0.3 is 9.64 Å². The van der Waals surface area contributed by atoms with E-state index in [-0.39, 0.29) is 11.1 Å². The summed E-state index contributed by atoms with van der Waals surface area (Å²) in [5.74, 6) is 0. The van der Waals surface area contributed by atoms with Gasteiger partial charge >= 0.3 is 0 Å². The first-order valence-corrected chi connectivity index (χ1v) is 4.95. The van der Waals surface area contributed by atoms with Crippen molar-refractivity contribution in [3.05, 3.63) is 0 Å². The van der Waals surface area contributed by atoms with Crippen LogP contribution >= 0.6 is 0 Å². The predicted molar refractivity (Wildman–Crippen MR) is 58.1 cm³/mol. The van der Waals surface area contributed by atoms with Crippen molar-refractivity contribution in [2.45, 2.75) is 52.2 Å². The number of ether oxygens (including phenoxy) is 1. The van der Waals surface area contributed by atoms with Gasteiger partial charge in [-0.05, 0) is 48.1 Å². The highest BCUT2D eigenvalue weighted by molar-refractivity contribution is 4.76. The fourth-order valence-electron chi connectivity index (χ4n) is 0.874. The molecule has 80 valence electrons. The first-order chi connectivity index (χ1) is 5.69. The molecule has 0 atom stereocenters. The van der Waals surface area contributed by atoms with E-state index < -0.39 is 0 Å². The van der Waals surface area contributed by atoms with E-state index in [0.717, 1.165) is 13.0 Å². The van der Waals surface area contributed by atoms with Crippen LogP contribution in [0.25, 0.3) is 0 Å². The minimum absolute atomic E-state index is 0.000486. The number of hydrogen-bond donors (Lipinski definition) is 0. The molecule has 0 rings (SSSR count). The molecule has 0 unspecified atom stereocenters. The van der Waals surface area contributed by atoms with Gasteiger partial charge in [-0.15, -0.1) is 0 Å². The summed E-state index contributed by atoms with van der Waals surface area (Å²) >= 11 is 0. The molecule has 0 radical (unpaired) electrons. The van der Waals surface area contributed by atoms with Crippen molar-refractivity contribution >= 4 is 0 Å². The summed E-state index contributed by atoms with van der Waals surface area (Å²) in [5.41, 5.74) is 0.253. The van der Waals surface area contributed by atoms with Crippen LogP contribution in [0.15, 0.2) is 0 Å². The van der Waals surface area contributed by atoms with Crippen molar-refractivity contribution in [1.29, 1.82) is 0 Å². The van der Waals surface area contributed by atoms with Gasteiger partial charge in [0.05, 0.1) is 5.60 Å². The van der Waals surface area contributed by atoms with E-state index in [1.807, 2.05) is 0 Å². The Labute approximate surface area is 83.3 Å². The van der Waals surface area contributed by atoms with Crippen LogP contribution < -0.4 is 0 Å². The summed E-state index contributed by atoms with van der Waals surface area (Å²) in [6.07, 6.45) is 1.07. The lowest BCUT2D eigenvalue weighted by molar-refractivity contribution is 0.00284. The fourth-order valence-corrected chi connectivity index (χ4v) is 0.874. The van der Waals surface area contributed by atoms with E-state index in [1.165, 1.54) is 0 Å². The normalized spacial score (nSPS) is 13.8. The Morgan fingerprint density at radius 3 is 1.85 bits per heavy atom. The molecule has 0 aromatic rings. The molecule has 2 heteroatoms. The molecule has 0 aliphatic carbocycles. The van der Waals surface area contributed by atoms with Gasteiger partial charge in [-0.3, -0.25) is 0 Å². The van der Waals surface area contributed by atoms with Gasteiger partial charge in [0.2, 0.25) is 0 Å². The molecule has 0 spiro atoms. The van der Waals surface area contributed by atoms with Gasteiger partial charge in [0.15, 0.2) is 0 Å². The Kier molecular flexibility index (Phi) is 4.40. The maximum Gasteiger partial charge on any atom is 0.0634 e. The fraction of sp³-hybridized carbons (Fsp3) is 1.00. The summed E-state index contributed by atoms with van der Waals surface area (Å²) in [5, 5.41) is 0. The lowest BCUT2D eigenvalue weighted by Crippen LogP contribution is -2.41. The Morgan fingerprint density at radius 2 is 1.54 bits per heavy atom. The second-order valence-corrected chi connectivity index (χ2v) is 5.31.